The summed E-state index contributed by atoms with van der Waals surface area (Å²) >= 11 is 9.14. The van der Waals surface area contributed by atoms with Crippen molar-refractivity contribution in [2.75, 3.05) is 0 Å². The van der Waals surface area contributed by atoms with Gasteiger partial charge in [0.2, 0.25) is 0 Å². The summed E-state index contributed by atoms with van der Waals surface area (Å²) in [7, 11) is 0. The van der Waals surface area contributed by atoms with Gasteiger partial charge in [-0.3, -0.25) is 5.84 Å². The molecule has 1 aromatic heterocycles. The quantitative estimate of drug-likeness (QED) is 0.673. The molecule has 1 heterocycles. The molecule has 2 rings (SSSR count). The van der Waals surface area contributed by atoms with Crippen molar-refractivity contribution in [3.63, 3.8) is 0 Å². The zero-order chi connectivity index (χ0) is 12.4. The third-order valence-corrected chi connectivity index (χ3v) is 3.19. The van der Waals surface area contributed by atoms with Crippen LogP contribution < -0.4 is 11.3 Å². The lowest BCUT2D eigenvalue weighted by Gasteiger charge is -2.16. The van der Waals surface area contributed by atoms with Crippen molar-refractivity contribution < 1.29 is 8.81 Å². The molecule has 0 saturated heterocycles. The minimum atomic E-state index is -0.557. The molecule has 0 spiro atoms. The molecule has 0 saturated carbocycles. The normalized spacial score (nSPS) is 12.7. The Bertz CT molecular complexity index is 532. The Hall–Kier alpha value is -0.880. The highest BCUT2D eigenvalue weighted by Gasteiger charge is 2.21. The maximum absolute atomic E-state index is 13.7. The van der Waals surface area contributed by atoms with Crippen LogP contribution in [0.15, 0.2) is 39.4 Å². The molecule has 0 aliphatic rings. The molecule has 2 aromatic rings. The first kappa shape index (κ1) is 12.6. The molecule has 1 atom stereocenters. The fourth-order valence-electron chi connectivity index (χ4n) is 1.59. The second-order valence-corrected chi connectivity index (χ2v) is 4.67. The lowest BCUT2D eigenvalue weighted by Crippen LogP contribution is -2.29. The summed E-state index contributed by atoms with van der Waals surface area (Å²) in [5.74, 6) is 5.08. The average Bonchev–Trinajstić information content (AvgIpc) is 2.71. The van der Waals surface area contributed by atoms with E-state index in [0.29, 0.717) is 11.1 Å². The van der Waals surface area contributed by atoms with Gasteiger partial charge in [-0.05, 0) is 35.9 Å². The Morgan fingerprint density at radius 1 is 1.35 bits per heavy atom. The van der Waals surface area contributed by atoms with Gasteiger partial charge in [0, 0.05) is 15.6 Å². The Kier molecular flexibility index (Phi) is 3.83. The highest BCUT2D eigenvalue weighted by molar-refractivity contribution is 9.10. The Labute approximate surface area is 111 Å². The summed E-state index contributed by atoms with van der Waals surface area (Å²) in [5, 5.41) is 0.187. The molecule has 0 aliphatic heterocycles. The van der Waals surface area contributed by atoms with Gasteiger partial charge in [0.05, 0.1) is 12.3 Å². The third kappa shape index (κ3) is 2.52. The van der Waals surface area contributed by atoms with Crippen LogP contribution in [0.2, 0.25) is 5.22 Å². The number of benzene rings is 1. The van der Waals surface area contributed by atoms with E-state index in [4.69, 9.17) is 21.9 Å². The third-order valence-electron chi connectivity index (χ3n) is 2.39. The fraction of sp³-hybridized carbons (Fsp3) is 0.0909. The van der Waals surface area contributed by atoms with Crippen LogP contribution in [0.25, 0.3) is 0 Å². The number of hydrogen-bond acceptors (Lipinski definition) is 3. The predicted molar refractivity (Wildman–Crippen MR) is 67.0 cm³/mol. The van der Waals surface area contributed by atoms with Crippen LogP contribution in [0.4, 0.5) is 4.39 Å². The van der Waals surface area contributed by atoms with E-state index in [2.05, 4.69) is 21.4 Å². The molecule has 90 valence electrons. The van der Waals surface area contributed by atoms with Crippen molar-refractivity contribution in [2.45, 2.75) is 6.04 Å². The van der Waals surface area contributed by atoms with Gasteiger partial charge in [-0.2, -0.15) is 0 Å². The lowest BCUT2D eigenvalue weighted by atomic mass is 10.0. The number of furan rings is 1. The largest absolute Gasteiger partial charge is 0.453 e. The van der Waals surface area contributed by atoms with E-state index in [9.17, 15) is 4.39 Å². The van der Waals surface area contributed by atoms with E-state index >= 15 is 0 Å². The Morgan fingerprint density at radius 2 is 2.12 bits per heavy atom. The van der Waals surface area contributed by atoms with Crippen LogP contribution in [0, 0.1) is 5.82 Å². The van der Waals surface area contributed by atoms with Crippen LogP contribution in [-0.4, -0.2) is 0 Å². The van der Waals surface area contributed by atoms with Crippen LogP contribution in [-0.2, 0) is 0 Å². The molecule has 1 aromatic carbocycles. The zero-order valence-electron chi connectivity index (χ0n) is 8.58. The number of halogens is 3. The summed E-state index contributed by atoms with van der Waals surface area (Å²) < 4.78 is 19.5. The van der Waals surface area contributed by atoms with E-state index < -0.39 is 6.04 Å². The molecule has 0 radical (unpaired) electrons. The summed E-state index contributed by atoms with van der Waals surface area (Å²) in [5.41, 5.74) is 3.51. The van der Waals surface area contributed by atoms with Gasteiger partial charge in [-0.15, -0.1) is 0 Å². The Morgan fingerprint density at radius 3 is 2.71 bits per heavy atom. The van der Waals surface area contributed by atoms with Crippen LogP contribution in [0.5, 0.6) is 0 Å². The smallest absolute Gasteiger partial charge is 0.198 e. The fourth-order valence-corrected chi connectivity index (χ4v) is 2.20. The van der Waals surface area contributed by atoms with Crippen molar-refractivity contribution >= 4 is 27.5 Å². The molecule has 1 unspecified atom stereocenters. The monoisotopic (exact) mass is 318 g/mol. The maximum Gasteiger partial charge on any atom is 0.198 e. The number of hydrogen-bond donors (Lipinski definition) is 2. The topological polar surface area (TPSA) is 51.2 Å². The molecule has 0 aliphatic carbocycles. The van der Waals surface area contributed by atoms with Crippen LogP contribution in [0.3, 0.4) is 0 Å². The average molecular weight is 320 g/mol. The molecular weight excluding hydrogens is 310 g/mol. The first-order valence-electron chi connectivity index (χ1n) is 4.77. The Balaban J connectivity index is 2.49. The van der Waals surface area contributed by atoms with Crippen molar-refractivity contribution in [3.05, 3.63) is 57.2 Å². The van der Waals surface area contributed by atoms with Gasteiger partial charge in [0.1, 0.15) is 5.82 Å². The van der Waals surface area contributed by atoms with Crippen molar-refractivity contribution in [3.8, 4) is 0 Å². The maximum atomic E-state index is 13.7. The summed E-state index contributed by atoms with van der Waals surface area (Å²) in [6, 6.07) is 5.70. The first-order valence-corrected chi connectivity index (χ1v) is 5.94. The number of nitrogens with two attached hydrogens (primary N) is 1. The molecule has 3 N–H and O–H groups in total. The van der Waals surface area contributed by atoms with E-state index in [0.717, 1.165) is 4.47 Å². The predicted octanol–water partition coefficient (Wildman–Crippen LogP) is 3.39. The van der Waals surface area contributed by atoms with E-state index in [1.807, 2.05) is 0 Å². The minimum absolute atomic E-state index is 0.187. The van der Waals surface area contributed by atoms with Gasteiger partial charge in [-0.25, -0.2) is 9.82 Å². The minimum Gasteiger partial charge on any atom is -0.453 e. The SMILES string of the molecule is NNC(c1cc(Br)ccc1F)c1ccoc1Cl. The van der Waals surface area contributed by atoms with Gasteiger partial charge >= 0.3 is 0 Å². The van der Waals surface area contributed by atoms with Gasteiger partial charge in [-0.1, -0.05) is 15.9 Å². The van der Waals surface area contributed by atoms with Crippen molar-refractivity contribution in [1.29, 1.82) is 0 Å². The number of rotatable bonds is 3. The van der Waals surface area contributed by atoms with Crippen molar-refractivity contribution in [1.82, 2.24) is 5.43 Å². The summed E-state index contributed by atoms with van der Waals surface area (Å²) in [4.78, 5) is 0. The van der Waals surface area contributed by atoms with Gasteiger partial charge < -0.3 is 4.42 Å². The van der Waals surface area contributed by atoms with Crippen molar-refractivity contribution in [2.24, 2.45) is 5.84 Å². The van der Waals surface area contributed by atoms with E-state index in [1.165, 1.54) is 12.3 Å². The van der Waals surface area contributed by atoms with Gasteiger partial charge in [0.15, 0.2) is 5.22 Å². The van der Waals surface area contributed by atoms with E-state index in [1.54, 1.807) is 18.2 Å². The highest BCUT2D eigenvalue weighted by atomic mass is 79.9. The summed E-state index contributed by atoms with van der Waals surface area (Å²) in [6.07, 6.45) is 1.43. The molecule has 0 amide bonds. The molecular formula is C11H9BrClFN2O. The molecule has 17 heavy (non-hydrogen) atoms. The second-order valence-electron chi connectivity index (χ2n) is 3.42. The molecule has 0 bridgehead atoms. The first-order chi connectivity index (χ1) is 8.13. The highest BCUT2D eigenvalue weighted by Crippen LogP contribution is 2.31. The molecule has 3 nitrogen and oxygen atoms in total. The number of nitrogens with one attached hydrogen (secondary N) is 1. The molecule has 6 heteroatoms. The van der Waals surface area contributed by atoms with Crippen LogP contribution >= 0.6 is 27.5 Å². The zero-order valence-corrected chi connectivity index (χ0v) is 10.9. The lowest BCUT2D eigenvalue weighted by molar-refractivity contribution is 0.540. The second kappa shape index (κ2) is 5.18. The van der Waals surface area contributed by atoms with E-state index in [-0.39, 0.29) is 11.0 Å². The molecule has 0 fully saturated rings. The summed E-state index contributed by atoms with van der Waals surface area (Å²) in [6.45, 7) is 0. The number of hydrazine groups is 1. The standard InChI is InChI=1S/C11H9BrClFN2O/c12-6-1-2-9(14)8(5-6)10(16-15)7-3-4-17-11(7)13/h1-5,10,16H,15H2. The van der Waals surface area contributed by atoms with Crippen LogP contribution in [0.1, 0.15) is 17.2 Å². The van der Waals surface area contributed by atoms with Gasteiger partial charge in [0.25, 0.3) is 0 Å².